The zero-order valence-electron chi connectivity index (χ0n) is 10.5. The Hall–Kier alpha value is -0.835. The van der Waals surface area contributed by atoms with E-state index in [4.69, 9.17) is 0 Å². The molecular weight excluding hydrogens is 213 g/mol. The van der Waals surface area contributed by atoms with Gasteiger partial charge in [-0.3, -0.25) is 4.90 Å². The highest BCUT2D eigenvalue weighted by atomic mass is 16.4. The topological polar surface area (TPSA) is 43.7 Å². The summed E-state index contributed by atoms with van der Waals surface area (Å²) in [7, 11) is 0.722. The van der Waals surface area contributed by atoms with Gasteiger partial charge in [0, 0.05) is 12.6 Å². The van der Waals surface area contributed by atoms with Crippen molar-refractivity contribution in [3.63, 3.8) is 0 Å². The Morgan fingerprint density at radius 3 is 2.59 bits per heavy atom. The Balaban J connectivity index is 2.06. The third-order valence-electron chi connectivity index (χ3n) is 3.75. The first kappa shape index (κ1) is 12.6. The van der Waals surface area contributed by atoms with E-state index in [0.29, 0.717) is 11.5 Å². The molecule has 2 rings (SSSR count). The predicted molar refractivity (Wildman–Crippen MR) is 69.9 cm³/mol. The van der Waals surface area contributed by atoms with Crippen molar-refractivity contribution in [2.45, 2.75) is 32.4 Å². The number of hydrogen-bond acceptors (Lipinski definition) is 3. The van der Waals surface area contributed by atoms with Crippen LogP contribution in [0.4, 0.5) is 0 Å². The van der Waals surface area contributed by atoms with E-state index >= 15 is 0 Å². The van der Waals surface area contributed by atoms with Gasteiger partial charge in [-0.15, -0.1) is 0 Å². The van der Waals surface area contributed by atoms with Crippen LogP contribution in [-0.4, -0.2) is 35.2 Å². The van der Waals surface area contributed by atoms with Crippen LogP contribution in [0.5, 0.6) is 0 Å². The van der Waals surface area contributed by atoms with Crippen LogP contribution in [0.25, 0.3) is 0 Å². The molecule has 1 aliphatic rings. The van der Waals surface area contributed by atoms with Crippen molar-refractivity contribution in [1.29, 1.82) is 0 Å². The van der Waals surface area contributed by atoms with Crippen molar-refractivity contribution in [2.75, 3.05) is 7.05 Å². The maximum absolute atomic E-state index is 9.31. The van der Waals surface area contributed by atoms with E-state index in [2.05, 4.69) is 18.9 Å². The number of rotatable bonds is 5. The largest absolute Gasteiger partial charge is 0.488 e. The summed E-state index contributed by atoms with van der Waals surface area (Å²) in [6, 6.07) is 8.08. The molecule has 0 aromatic heterocycles. The van der Waals surface area contributed by atoms with Gasteiger partial charge in [0.05, 0.1) is 0 Å². The minimum atomic E-state index is -1.38. The average Bonchev–Trinajstić information content (AvgIpc) is 3.12. The van der Waals surface area contributed by atoms with E-state index in [1.54, 1.807) is 6.07 Å². The van der Waals surface area contributed by atoms with E-state index in [1.165, 1.54) is 12.8 Å². The van der Waals surface area contributed by atoms with E-state index in [0.717, 1.165) is 18.0 Å². The molecular formula is C13H20BNO2. The second-order valence-corrected chi connectivity index (χ2v) is 5.07. The zero-order valence-corrected chi connectivity index (χ0v) is 10.5. The van der Waals surface area contributed by atoms with E-state index < -0.39 is 7.12 Å². The van der Waals surface area contributed by atoms with Crippen LogP contribution in [-0.2, 0) is 6.54 Å². The number of benzene rings is 1. The Morgan fingerprint density at radius 2 is 2.00 bits per heavy atom. The minimum Gasteiger partial charge on any atom is -0.423 e. The second-order valence-electron chi connectivity index (χ2n) is 5.07. The summed E-state index contributed by atoms with van der Waals surface area (Å²) in [5, 5.41) is 18.6. The van der Waals surface area contributed by atoms with Crippen molar-refractivity contribution in [3.8, 4) is 0 Å². The van der Waals surface area contributed by atoms with Crippen LogP contribution in [0, 0.1) is 5.92 Å². The lowest BCUT2D eigenvalue weighted by molar-refractivity contribution is 0.227. The summed E-state index contributed by atoms with van der Waals surface area (Å²) in [6.45, 7) is 3.01. The van der Waals surface area contributed by atoms with E-state index in [1.807, 2.05) is 18.2 Å². The third-order valence-corrected chi connectivity index (χ3v) is 3.75. The van der Waals surface area contributed by atoms with E-state index in [9.17, 15) is 10.0 Å². The van der Waals surface area contributed by atoms with Crippen molar-refractivity contribution in [3.05, 3.63) is 29.8 Å². The molecule has 0 aliphatic heterocycles. The van der Waals surface area contributed by atoms with Gasteiger partial charge in [-0.1, -0.05) is 24.3 Å². The first-order chi connectivity index (χ1) is 8.09. The molecule has 1 saturated carbocycles. The minimum absolute atomic E-state index is 0.568. The highest BCUT2D eigenvalue weighted by Crippen LogP contribution is 2.34. The van der Waals surface area contributed by atoms with Crippen LogP contribution < -0.4 is 5.46 Å². The van der Waals surface area contributed by atoms with Crippen LogP contribution in [0.3, 0.4) is 0 Å². The molecule has 1 unspecified atom stereocenters. The van der Waals surface area contributed by atoms with Gasteiger partial charge in [-0.05, 0) is 43.8 Å². The van der Waals surface area contributed by atoms with Gasteiger partial charge >= 0.3 is 7.12 Å². The van der Waals surface area contributed by atoms with Gasteiger partial charge in [0.15, 0.2) is 0 Å². The predicted octanol–water partition coefficient (Wildman–Crippen LogP) is 0.597. The molecule has 1 aromatic carbocycles. The fourth-order valence-corrected chi connectivity index (χ4v) is 2.28. The Bertz CT molecular complexity index is 379. The molecule has 0 heterocycles. The molecule has 0 spiro atoms. The second kappa shape index (κ2) is 5.21. The SMILES string of the molecule is CC(C1CC1)N(C)Cc1ccccc1B(O)O. The Kier molecular flexibility index (Phi) is 3.87. The van der Waals surface area contributed by atoms with Gasteiger partial charge in [0.2, 0.25) is 0 Å². The Morgan fingerprint density at radius 1 is 1.35 bits per heavy atom. The smallest absolute Gasteiger partial charge is 0.423 e. The fourth-order valence-electron chi connectivity index (χ4n) is 2.28. The van der Waals surface area contributed by atoms with Crippen LogP contribution in [0.15, 0.2) is 24.3 Å². The number of nitrogens with zero attached hydrogens (tertiary/aromatic N) is 1. The lowest BCUT2D eigenvalue weighted by Gasteiger charge is -2.25. The molecule has 17 heavy (non-hydrogen) atoms. The molecule has 92 valence electrons. The molecule has 1 aromatic rings. The maximum atomic E-state index is 9.31. The molecule has 0 bridgehead atoms. The summed E-state index contributed by atoms with van der Waals surface area (Å²) in [5.74, 6) is 0.825. The van der Waals surface area contributed by atoms with Crippen molar-refractivity contribution in [1.82, 2.24) is 4.90 Å². The summed E-state index contributed by atoms with van der Waals surface area (Å²) < 4.78 is 0. The van der Waals surface area contributed by atoms with Gasteiger partial charge in [0.25, 0.3) is 0 Å². The third kappa shape index (κ3) is 3.09. The van der Waals surface area contributed by atoms with Crippen LogP contribution in [0.1, 0.15) is 25.3 Å². The van der Waals surface area contributed by atoms with Crippen molar-refractivity contribution in [2.24, 2.45) is 5.92 Å². The van der Waals surface area contributed by atoms with Crippen LogP contribution in [0.2, 0.25) is 0 Å². The van der Waals surface area contributed by atoms with Gasteiger partial charge in [0.1, 0.15) is 0 Å². The summed E-state index contributed by atoms with van der Waals surface area (Å²) in [6.07, 6.45) is 2.66. The quantitative estimate of drug-likeness (QED) is 0.732. The van der Waals surface area contributed by atoms with Crippen molar-refractivity contribution < 1.29 is 10.0 Å². The molecule has 0 amide bonds. The average molecular weight is 233 g/mol. The lowest BCUT2D eigenvalue weighted by atomic mass is 9.77. The number of hydrogen-bond donors (Lipinski definition) is 2. The summed E-state index contributed by atoms with van der Waals surface area (Å²) >= 11 is 0. The summed E-state index contributed by atoms with van der Waals surface area (Å²) in [5.41, 5.74) is 1.61. The molecule has 4 heteroatoms. The molecule has 1 atom stereocenters. The van der Waals surface area contributed by atoms with Gasteiger partial charge in [-0.2, -0.15) is 0 Å². The maximum Gasteiger partial charge on any atom is 0.488 e. The molecule has 1 aliphatic carbocycles. The molecule has 1 fully saturated rings. The first-order valence-corrected chi connectivity index (χ1v) is 6.23. The first-order valence-electron chi connectivity index (χ1n) is 6.23. The highest BCUT2D eigenvalue weighted by Gasteiger charge is 2.30. The standard InChI is InChI=1S/C13H20BNO2/c1-10(11-7-8-11)15(2)9-12-5-3-4-6-13(12)14(16)17/h3-6,10-11,16-17H,7-9H2,1-2H3. The molecule has 3 nitrogen and oxygen atoms in total. The zero-order chi connectivity index (χ0) is 12.4. The molecule has 0 saturated heterocycles. The molecule has 2 N–H and O–H groups in total. The highest BCUT2D eigenvalue weighted by molar-refractivity contribution is 6.59. The van der Waals surface area contributed by atoms with E-state index in [-0.39, 0.29) is 0 Å². The summed E-state index contributed by atoms with van der Waals surface area (Å²) in [4.78, 5) is 2.29. The van der Waals surface area contributed by atoms with Crippen molar-refractivity contribution >= 4 is 12.6 Å². The Labute approximate surface area is 103 Å². The normalized spacial score (nSPS) is 17.2. The monoisotopic (exact) mass is 233 g/mol. The fraction of sp³-hybridized carbons (Fsp3) is 0.538. The van der Waals surface area contributed by atoms with Crippen LogP contribution >= 0.6 is 0 Å². The van der Waals surface area contributed by atoms with Gasteiger partial charge < -0.3 is 10.0 Å². The van der Waals surface area contributed by atoms with Gasteiger partial charge in [-0.25, -0.2) is 0 Å². The lowest BCUT2D eigenvalue weighted by Crippen LogP contribution is -2.37. The molecule has 0 radical (unpaired) electrons.